The number of aliphatic hydroxyl groups excluding tert-OH is 2. The average Bonchev–Trinajstić information content (AvgIpc) is 4.10. The number of rotatable bonds is 35. The van der Waals surface area contributed by atoms with Crippen LogP contribution in [0.25, 0.3) is 0 Å². The van der Waals surface area contributed by atoms with Crippen molar-refractivity contribution in [2.24, 2.45) is 66.6 Å². The molecule has 0 aliphatic carbocycles. The summed E-state index contributed by atoms with van der Waals surface area (Å²) in [7, 11) is 0. The molecule has 2 rings (SSSR count). The zero-order valence-electron chi connectivity index (χ0n) is 42.1. The second-order valence-electron chi connectivity index (χ2n) is 17.5. The van der Waals surface area contributed by atoms with Gasteiger partial charge in [-0.1, -0.05) is 6.42 Å². The third-order valence-corrected chi connectivity index (χ3v) is 11.6. The van der Waals surface area contributed by atoms with E-state index in [2.05, 4.69) is 51.5 Å². The van der Waals surface area contributed by atoms with E-state index in [0.29, 0.717) is 44.3 Å². The Morgan fingerprint density at radius 3 is 1.92 bits per heavy atom. The maximum absolute atomic E-state index is 14.2. The Bertz CT molecular complexity index is 2140. The molecule has 0 unspecified atom stereocenters. The Morgan fingerprint density at radius 1 is 0.720 bits per heavy atom. The van der Waals surface area contributed by atoms with Gasteiger partial charge in [0, 0.05) is 44.5 Å². The van der Waals surface area contributed by atoms with Crippen molar-refractivity contribution in [1.29, 1.82) is 0 Å². The highest BCUT2D eigenvalue weighted by Crippen LogP contribution is 2.20. The highest BCUT2D eigenvalue weighted by molar-refractivity contribution is 6.41. The summed E-state index contributed by atoms with van der Waals surface area (Å²) in [5.41, 5.74) is 50.1. The summed E-state index contributed by atoms with van der Waals surface area (Å²) >= 11 is 0. The molecular formula is C44H78N20O11. The Hall–Kier alpha value is -6.87. The SMILES string of the molecule is NCCCC[C@H](NC(=O)[C@H](Cc1cnc[nH]1)NC(=O)[C@@H]1CCCN1C(=O)C(CCCN)=NC(=O)CNC(=O)[C@@H](NC(=O)[C@@H](NC(=O)[C@@H](N)CCCCN)[C@@H](O)CN)[C@@H](O)CN)C(=O)N=C(CCCN=C(N)N)C(N)=O. The summed E-state index contributed by atoms with van der Waals surface area (Å²) in [6.45, 7) is -1.10. The van der Waals surface area contributed by atoms with E-state index in [1.165, 1.54) is 17.4 Å². The number of carbonyl (C=O) groups is 9. The first-order valence-electron chi connectivity index (χ1n) is 24.7. The molecule has 0 saturated carbocycles. The number of guanidine groups is 1. The van der Waals surface area contributed by atoms with Crippen molar-refractivity contribution < 1.29 is 53.4 Å². The summed E-state index contributed by atoms with van der Waals surface area (Å²) in [5.74, 6) is -8.61. The van der Waals surface area contributed by atoms with Crippen LogP contribution in [0.5, 0.6) is 0 Å². The van der Waals surface area contributed by atoms with Crippen LogP contribution >= 0.6 is 0 Å². The number of carbonyl (C=O) groups excluding carboxylic acids is 9. The van der Waals surface area contributed by atoms with Crippen molar-refractivity contribution in [3.63, 3.8) is 0 Å². The molecule has 1 aromatic heterocycles. The minimum atomic E-state index is -1.84. The number of hydrogen-bond acceptors (Lipinski definition) is 19. The van der Waals surface area contributed by atoms with Gasteiger partial charge in [0.1, 0.15) is 41.6 Å². The van der Waals surface area contributed by atoms with E-state index in [-0.39, 0.29) is 94.9 Å². The van der Waals surface area contributed by atoms with Gasteiger partial charge in [-0.25, -0.2) is 15.0 Å². The topological polar surface area (TPSA) is 557 Å². The Labute approximate surface area is 433 Å². The largest absolute Gasteiger partial charge is 0.389 e. The number of hydrogen-bond donors (Lipinski definition) is 17. The fraction of sp³-hybridized carbons (Fsp3) is 0.659. The number of unbranched alkanes of at least 4 members (excludes halogenated alkanes) is 2. The van der Waals surface area contributed by atoms with Crippen LogP contribution in [0.1, 0.15) is 82.7 Å². The van der Waals surface area contributed by atoms with Gasteiger partial charge in [-0.2, -0.15) is 0 Å². The van der Waals surface area contributed by atoms with E-state index in [0.717, 1.165) is 0 Å². The molecule has 0 radical (unpaired) electrons. The minimum Gasteiger partial charge on any atom is -0.389 e. The van der Waals surface area contributed by atoms with Crippen LogP contribution in [0, 0.1) is 0 Å². The first-order chi connectivity index (χ1) is 35.7. The molecule has 0 spiro atoms. The van der Waals surface area contributed by atoms with Crippen LogP contribution in [0.3, 0.4) is 0 Å². The van der Waals surface area contributed by atoms with Crippen molar-refractivity contribution in [1.82, 2.24) is 41.5 Å². The summed E-state index contributed by atoms with van der Waals surface area (Å²) in [5, 5.41) is 33.2. The van der Waals surface area contributed by atoms with E-state index in [9.17, 15) is 53.4 Å². The lowest BCUT2D eigenvalue weighted by atomic mass is 10.1. The number of amides is 9. The maximum atomic E-state index is 14.2. The van der Waals surface area contributed by atoms with Gasteiger partial charge >= 0.3 is 0 Å². The smallest absolute Gasteiger partial charge is 0.269 e. The van der Waals surface area contributed by atoms with Gasteiger partial charge in [-0.3, -0.25) is 48.1 Å². The fourth-order valence-electron chi connectivity index (χ4n) is 7.49. The monoisotopic (exact) mass is 1060 g/mol. The van der Waals surface area contributed by atoms with Crippen LogP contribution in [0.15, 0.2) is 27.5 Å². The molecule has 0 bridgehead atoms. The first kappa shape index (κ1) is 64.2. The van der Waals surface area contributed by atoms with E-state index < -0.39 is 121 Å². The Kier molecular flexibility index (Phi) is 29.6. The number of imidazole rings is 1. The number of nitrogens with one attached hydrogen (secondary N) is 6. The van der Waals surface area contributed by atoms with Crippen molar-refractivity contribution >= 4 is 70.5 Å². The second-order valence-corrected chi connectivity index (χ2v) is 17.5. The van der Waals surface area contributed by atoms with E-state index in [4.69, 9.17) is 51.6 Å². The third-order valence-electron chi connectivity index (χ3n) is 11.6. The van der Waals surface area contributed by atoms with Gasteiger partial charge in [-0.05, 0) is 90.3 Å². The molecular weight excluding hydrogens is 985 g/mol. The Balaban J connectivity index is 2.33. The summed E-state index contributed by atoms with van der Waals surface area (Å²) < 4.78 is 0. The summed E-state index contributed by atoms with van der Waals surface area (Å²) in [4.78, 5) is 141. The van der Waals surface area contributed by atoms with Crippen molar-refractivity contribution in [2.45, 2.75) is 132 Å². The van der Waals surface area contributed by atoms with Crippen LogP contribution < -0.4 is 78.2 Å². The van der Waals surface area contributed by atoms with Crippen molar-refractivity contribution in [3.05, 3.63) is 18.2 Å². The highest BCUT2D eigenvalue weighted by atomic mass is 16.3. The van der Waals surface area contributed by atoms with Gasteiger partial charge in [0.2, 0.25) is 29.5 Å². The quantitative estimate of drug-likeness (QED) is 0.0170. The van der Waals surface area contributed by atoms with Gasteiger partial charge in [0.25, 0.3) is 23.6 Å². The number of aromatic nitrogens is 2. The van der Waals surface area contributed by atoms with Gasteiger partial charge in [-0.15, -0.1) is 0 Å². The zero-order chi connectivity index (χ0) is 56.0. The molecule has 1 aliphatic rings. The van der Waals surface area contributed by atoms with E-state index >= 15 is 0 Å². The molecule has 1 aliphatic heterocycles. The van der Waals surface area contributed by atoms with Gasteiger partial charge in [0.05, 0.1) is 31.1 Å². The first-order valence-corrected chi connectivity index (χ1v) is 24.7. The average molecular weight is 1060 g/mol. The van der Waals surface area contributed by atoms with Crippen LogP contribution in [-0.2, 0) is 49.6 Å². The molecule has 2 heterocycles. The number of aromatic amines is 1. The van der Waals surface area contributed by atoms with E-state index in [1.807, 2.05) is 0 Å². The van der Waals surface area contributed by atoms with Crippen LogP contribution in [0.2, 0.25) is 0 Å². The molecule has 75 heavy (non-hydrogen) atoms. The number of H-pyrrole nitrogens is 1. The van der Waals surface area contributed by atoms with Crippen molar-refractivity contribution in [2.75, 3.05) is 52.4 Å². The molecule has 8 atom stereocenters. The lowest BCUT2D eigenvalue weighted by Crippen LogP contribution is -2.63. The van der Waals surface area contributed by atoms with Crippen LogP contribution in [0.4, 0.5) is 0 Å². The second kappa shape index (κ2) is 34.6. The molecule has 0 aromatic carbocycles. The number of likely N-dealkylation sites (tertiary alicyclic amines) is 1. The molecule has 1 aromatic rings. The molecule has 26 N–H and O–H groups in total. The fourth-order valence-corrected chi connectivity index (χ4v) is 7.49. The number of aliphatic hydroxyl groups is 2. The lowest BCUT2D eigenvalue weighted by Gasteiger charge is -2.28. The molecule has 1 saturated heterocycles. The maximum Gasteiger partial charge on any atom is 0.269 e. The minimum absolute atomic E-state index is 0.0314. The van der Waals surface area contributed by atoms with Gasteiger partial charge < -0.3 is 98.3 Å². The van der Waals surface area contributed by atoms with Crippen molar-refractivity contribution in [3.8, 4) is 0 Å². The number of primary amides is 1. The highest BCUT2D eigenvalue weighted by Gasteiger charge is 2.39. The number of aliphatic imine (C=N–C) groups is 3. The van der Waals surface area contributed by atoms with E-state index in [1.54, 1.807) is 0 Å². The molecule has 31 heteroatoms. The summed E-state index contributed by atoms with van der Waals surface area (Å²) in [6.07, 6.45) is 2.03. The normalized spacial score (nSPS) is 16.5. The zero-order valence-corrected chi connectivity index (χ0v) is 42.1. The lowest BCUT2D eigenvalue weighted by molar-refractivity contribution is -0.136. The third kappa shape index (κ3) is 22.6. The Morgan fingerprint density at radius 2 is 1.33 bits per heavy atom. The van der Waals surface area contributed by atoms with Crippen LogP contribution in [-0.4, -0.2) is 196 Å². The standard InChI is InChI=1S/C44H78N20O11/c45-13-3-1-8-25(50)37(69)62-35(32(66)20-49)42(74)63-34(31(65)19-48)41(73)56-22-33(67)58-28(10-5-15-47)43(75)64-17-7-12-30(64)40(72)61-29(18-24-21-54-23-57-24)39(71)60-27(9-2-4-14-46)38(70)59-26(36(51)68)11-6-16-55-44(52)53/h21,23,25,27,29-32,34-35,65-66H,1-20,22,45-50H2,(H2,51,68)(H,54,57)(H,56,73)(H,60,71)(H,61,72)(H,62,69)(H,63,74)(H4,52,53,55)/t25-,27-,29-,30-,31-,32-,34-,35-/m0/s1. The molecule has 420 valence electrons. The predicted molar refractivity (Wildman–Crippen MR) is 274 cm³/mol. The van der Waals surface area contributed by atoms with Gasteiger partial charge in [0.15, 0.2) is 5.96 Å². The molecule has 9 amide bonds. The molecule has 31 nitrogen and oxygen atoms in total. The number of nitrogens with zero attached hydrogens (tertiary/aromatic N) is 5. The number of nitrogens with two attached hydrogens (primary N) is 9. The predicted octanol–water partition coefficient (Wildman–Crippen LogP) is -8.56. The molecule has 1 fully saturated rings. The summed E-state index contributed by atoms with van der Waals surface area (Å²) in [6, 6.07) is -8.49.